The third kappa shape index (κ3) is 5.11. The first-order valence-electron chi connectivity index (χ1n) is 8.76. The summed E-state index contributed by atoms with van der Waals surface area (Å²) in [6, 6.07) is 8.90. The zero-order chi connectivity index (χ0) is 21.8. The smallest absolute Gasteiger partial charge is 0.471 e. The Bertz CT molecular complexity index is 1210. The highest BCUT2D eigenvalue weighted by atomic mass is 79.9. The number of aromatic nitrogens is 7. The van der Waals surface area contributed by atoms with Crippen LogP contribution in [0.2, 0.25) is 0 Å². The summed E-state index contributed by atoms with van der Waals surface area (Å²) in [6.07, 6.45) is 5.89. The maximum Gasteiger partial charge on any atom is 0.491 e. The van der Waals surface area contributed by atoms with Gasteiger partial charge in [-0.3, -0.25) is 4.79 Å². The SMILES string of the molecule is O=C(Nc1cnn(COc2ccc(Br)cc2)c1)c1ccn(Cn2cnc([N+](=O)[O-])n2)n1. The van der Waals surface area contributed by atoms with E-state index in [1.807, 2.05) is 24.3 Å². The second kappa shape index (κ2) is 8.74. The first-order valence-corrected chi connectivity index (χ1v) is 9.55. The normalized spacial score (nSPS) is 10.7. The molecule has 4 rings (SSSR count). The van der Waals surface area contributed by atoms with Gasteiger partial charge in [0, 0.05) is 15.8 Å². The molecule has 14 heteroatoms. The summed E-state index contributed by atoms with van der Waals surface area (Å²) in [7, 11) is 0. The van der Waals surface area contributed by atoms with E-state index in [9.17, 15) is 14.9 Å². The highest BCUT2D eigenvalue weighted by Gasteiger charge is 2.15. The zero-order valence-corrected chi connectivity index (χ0v) is 17.3. The van der Waals surface area contributed by atoms with Crippen LogP contribution in [0.3, 0.4) is 0 Å². The molecule has 0 unspecified atom stereocenters. The van der Waals surface area contributed by atoms with E-state index in [0.717, 1.165) is 4.47 Å². The molecule has 0 spiro atoms. The van der Waals surface area contributed by atoms with E-state index in [-0.39, 0.29) is 19.1 Å². The number of anilines is 1. The van der Waals surface area contributed by atoms with Gasteiger partial charge in [0.1, 0.15) is 5.75 Å². The molecular weight excluding hydrogens is 474 g/mol. The fraction of sp³-hybridized carbons (Fsp3) is 0.118. The van der Waals surface area contributed by atoms with Crippen LogP contribution < -0.4 is 10.1 Å². The minimum atomic E-state index is -0.692. The van der Waals surface area contributed by atoms with E-state index in [2.05, 4.69) is 41.5 Å². The molecule has 1 N–H and O–H groups in total. The average Bonchev–Trinajstić information content (AvgIpc) is 3.49. The van der Waals surface area contributed by atoms with E-state index >= 15 is 0 Å². The van der Waals surface area contributed by atoms with Crippen molar-refractivity contribution in [2.24, 2.45) is 0 Å². The van der Waals surface area contributed by atoms with Gasteiger partial charge in [-0.05, 0) is 35.3 Å². The zero-order valence-electron chi connectivity index (χ0n) is 15.7. The van der Waals surface area contributed by atoms with Crippen molar-refractivity contribution in [2.45, 2.75) is 13.4 Å². The van der Waals surface area contributed by atoms with E-state index < -0.39 is 16.8 Å². The number of benzene rings is 1. The molecule has 0 saturated heterocycles. The molecule has 1 aromatic carbocycles. The third-order valence-corrected chi connectivity index (χ3v) is 4.45. The minimum Gasteiger partial charge on any atom is -0.471 e. The quantitative estimate of drug-likeness (QED) is 0.293. The van der Waals surface area contributed by atoms with Crippen LogP contribution >= 0.6 is 15.9 Å². The fourth-order valence-electron chi connectivity index (χ4n) is 2.51. The molecule has 4 aromatic rings. The van der Waals surface area contributed by atoms with Crippen LogP contribution in [-0.2, 0) is 13.4 Å². The lowest BCUT2D eigenvalue weighted by atomic mass is 10.3. The van der Waals surface area contributed by atoms with Gasteiger partial charge >= 0.3 is 5.95 Å². The topological polar surface area (TPSA) is 148 Å². The fourth-order valence-corrected chi connectivity index (χ4v) is 2.78. The average molecular weight is 488 g/mol. The highest BCUT2D eigenvalue weighted by molar-refractivity contribution is 9.10. The Labute approximate surface area is 182 Å². The summed E-state index contributed by atoms with van der Waals surface area (Å²) < 4.78 is 10.8. The molecule has 0 aliphatic carbocycles. The summed E-state index contributed by atoms with van der Waals surface area (Å²) >= 11 is 3.36. The van der Waals surface area contributed by atoms with Gasteiger partial charge in [0.25, 0.3) is 5.91 Å². The number of carbonyl (C=O) groups excluding carboxylic acids is 1. The van der Waals surface area contributed by atoms with Crippen LogP contribution in [0.15, 0.2) is 59.7 Å². The van der Waals surface area contributed by atoms with Crippen molar-refractivity contribution in [3.8, 4) is 5.75 Å². The van der Waals surface area contributed by atoms with Crippen molar-refractivity contribution >= 4 is 33.5 Å². The van der Waals surface area contributed by atoms with Crippen molar-refractivity contribution in [3.05, 3.63) is 75.5 Å². The number of ether oxygens (including phenoxy) is 1. The van der Waals surface area contributed by atoms with Gasteiger partial charge in [0.2, 0.25) is 6.33 Å². The maximum atomic E-state index is 12.4. The molecule has 0 fully saturated rings. The molecule has 3 heterocycles. The number of nitrogens with one attached hydrogen (secondary N) is 1. The summed E-state index contributed by atoms with van der Waals surface area (Å²) in [5, 5.41) is 25.3. The predicted octanol–water partition coefficient (Wildman–Crippen LogP) is 2.14. The number of hydrogen-bond donors (Lipinski definition) is 1. The Hall–Kier alpha value is -4.07. The highest BCUT2D eigenvalue weighted by Crippen LogP contribution is 2.16. The first kappa shape index (κ1) is 20.2. The Balaban J connectivity index is 1.32. The molecular formula is C17H14BrN9O4. The molecule has 0 saturated carbocycles. The van der Waals surface area contributed by atoms with Crippen molar-refractivity contribution < 1.29 is 14.5 Å². The molecule has 0 radical (unpaired) electrons. The van der Waals surface area contributed by atoms with Crippen molar-refractivity contribution in [1.29, 1.82) is 0 Å². The number of amides is 1. The molecule has 3 aromatic heterocycles. The Morgan fingerprint density at radius 3 is 2.71 bits per heavy atom. The summed E-state index contributed by atoms with van der Waals surface area (Å²) in [5.74, 6) is -0.254. The van der Waals surface area contributed by atoms with Gasteiger partial charge < -0.3 is 20.2 Å². The van der Waals surface area contributed by atoms with Crippen LogP contribution in [0.25, 0.3) is 0 Å². The lowest BCUT2D eigenvalue weighted by Crippen LogP contribution is -2.15. The number of nitro groups is 1. The van der Waals surface area contributed by atoms with E-state index in [1.54, 1.807) is 12.4 Å². The van der Waals surface area contributed by atoms with E-state index in [0.29, 0.717) is 11.4 Å². The standard InChI is InChI=1S/C17H14BrN9O4/c18-12-1-3-14(4-2-12)31-11-25-8-13(7-20-25)21-16(28)15-5-6-24(22-15)10-26-9-19-17(23-26)27(29)30/h1-9H,10-11H2,(H,21,28). The van der Waals surface area contributed by atoms with E-state index in [4.69, 9.17) is 4.74 Å². The van der Waals surface area contributed by atoms with Gasteiger partial charge in [-0.15, -0.1) is 0 Å². The molecule has 0 bridgehead atoms. The maximum absolute atomic E-state index is 12.4. The lowest BCUT2D eigenvalue weighted by Gasteiger charge is -2.05. The Morgan fingerprint density at radius 2 is 1.97 bits per heavy atom. The molecule has 158 valence electrons. The third-order valence-electron chi connectivity index (χ3n) is 3.92. The molecule has 0 atom stereocenters. The molecule has 0 aliphatic heterocycles. The number of hydrogen-bond acceptors (Lipinski definition) is 8. The second-order valence-electron chi connectivity index (χ2n) is 6.17. The summed E-state index contributed by atoms with van der Waals surface area (Å²) in [6.45, 7) is 0.246. The number of rotatable bonds is 8. The van der Waals surface area contributed by atoms with Crippen LogP contribution in [0.4, 0.5) is 11.6 Å². The molecule has 13 nitrogen and oxygen atoms in total. The number of nitrogens with zero attached hydrogens (tertiary/aromatic N) is 8. The van der Waals surface area contributed by atoms with Gasteiger partial charge in [0.15, 0.2) is 19.1 Å². The van der Waals surface area contributed by atoms with Crippen LogP contribution in [0, 0.1) is 10.1 Å². The summed E-state index contributed by atoms with van der Waals surface area (Å²) in [5.41, 5.74) is 0.638. The van der Waals surface area contributed by atoms with Crippen molar-refractivity contribution in [3.63, 3.8) is 0 Å². The number of carbonyl (C=O) groups is 1. The molecule has 0 aliphatic rings. The van der Waals surface area contributed by atoms with Gasteiger partial charge in [-0.1, -0.05) is 20.9 Å². The van der Waals surface area contributed by atoms with Gasteiger partial charge in [-0.25, -0.2) is 9.36 Å². The monoisotopic (exact) mass is 487 g/mol. The van der Waals surface area contributed by atoms with Crippen molar-refractivity contribution in [2.75, 3.05) is 5.32 Å². The largest absolute Gasteiger partial charge is 0.491 e. The van der Waals surface area contributed by atoms with Crippen LogP contribution in [0.5, 0.6) is 5.75 Å². The molecule has 31 heavy (non-hydrogen) atoms. The van der Waals surface area contributed by atoms with Crippen molar-refractivity contribution in [1.82, 2.24) is 34.3 Å². The Morgan fingerprint density at radius 1 is 1.16 bits per heavy atom. The van der Waals surface area contributed by atoms with E-state index in [1.165, 1.54) is 32.6 Å². The first-order chi connectivity index (χ1) is 15.0. The van der Waals surface area contributed by atoms with Crippen LogP contribution in [0.1, 0.15) is 10.5 Å². The molecule has 1 amide bonds. The minimum absolute atomic E-state index is 0.0689. The summed E-state index contributed by atoms with van der Waals surface area (Å²) in [4.78, 5) is 25.9. The van der Waals surface area contributed by atoms with Crippen LogP contribution in [-0.4, -0.2) is 45.2 Å². The lowest BCUT2D eigenvalue weighted by molar-refractivity contribution is -0.394. The predicted molar refractivity (Wildman–Crippen MR) is 109 cm³/mol. The Kier molecular flexibility index (Phi) is 5.70. The number of halogens is 1. The van der Waals surface area contributed by atoms with Gasteiger partial charge in [-0.2, -0.15) is 14.9 Å². The van der Waals surface area contributed by atoms with Gasteiger partial charge in [0.05, 0.1) is 18.1 Å². The second-order valence-corrected chi connectivity index (χ2v) is 7.09.